The molecule has 7 nitrogen and oxygen atoms in total. The smallest absolute Gasteiger partial charge is 0.407 e. The zero-order valence-corrected chi connectivity index (χ0v) is 19.6. The Bertz CT molecular complexity index is 982. The Morgan fingerprint density at radius 2 is 1.52 bits per heavy atom. The molecule has 2 unspecified atom stereocenters. The fourth-order valence-corrected chi connectivity index (χ4v) is 4.26. The second-order valence-electron chi connectivity index (χ2n) is 9.79. The van der Waals surface area contributed by atoms with Crippen LogP contribution in [0.4, 0.5) is 4.79 Å². The first-order chi connectivity index (χ1) is 15.5. The lowest BCUT2D eigenvalue weighted by atomic mass is 9.87. The van der Waals surface area contributed by atoms with Crippen molar-refractivity contribution in [3.63, 3.8) is 0 Å². The van der Waals surface area contributed by atoms with Crippen molar-refractivity contribution in [2.75, 3.05) is 6.61 Å². The van der Waals surface area contributed by atoms with Gasteiger partial charge < -0.3 is 20.5 Å². The summed E-state index contributed by atoms with van der Waals surface area (Å²) < 4.78 is 5.58. The molecule has 0 spiro atoms. The fourth-order valence-electron chi connectivity index (χ4n) is 4.26. The molecule has 2 aromatic carbocycles. The standard InChI is InChI=1S/C26H32N2O5/c1-16(13-23(29)30)27-24(31)22(14-26(2,3)4)28-25(32)33-15-21-19-11-7-5-9-17(19)18-10-6-8-12-20(18)21/h5-12,16,21-22H,13-15H2,1-4H3,(H,27,31)(H,28,32)(H,29,30). The minimum atomic E-state index is -1.00. The van der Waals surface area contributed by atoms with Gasteiger partial charge in [0.15, 0.2) is 0 Å². The highest BCUT2D eigenvalue weighted by Gasteiger charge is 2.31. The Morgan fingerprint density at radius 1 is 0.970 bits per heavy atom. The second-order valence-corrected chi connectivity index (χ2v) is 9.79. The highest BCUT2D eigenvalue weighted by atomic mass is 16.5. The Hall–Kier alpha value is -3.35. The highest BCUT2D eigenvalue weighted by Crippen LogP contribution is 2.44. The largest absolute Gasteiger partial charge is 0.481 e. The van der Waals surface area contributed by atoms with Crippen molar-refractivity contribution in [2.45, 2.75) is 58.5 Å². The van der Waals surface area contributed by atoms with Crippen molar-refractivity contribution < 1.29 is 24.2 Å². The third-order valence-corrected chi connectivity index (χ3v) is 5.64. The monoisotopic (exact) mass is 452 g/mol. The normalized spacial score (nSPS) is 14.5. The minimum Gasteiger partial charge on any atom is -0.481 e. The van der Waals surface area contributed by atoms with Crippen LogP contribution in [0.25, 0.3) is 11.1 Å². The van der Waals surface area contributed by atoms with Gasteiger partial charge >= 0.3 is 12.1 Å². The summed E-state index contributed by atoms with van der Waals surface area (Å²) in [5.74, 6) is -1.50. The quantitative estimate of drug-likeness (QED) is 0.554. The van der Waals surface area contributed by atoms with Crippen LogP contribution < -0.4 is 10.6 Å². The van der Waals surface area contributed by atoms with Gasteiger partial charge in [-0.25, -0.2) is 4.79 Å². The van der Waals surface area contributed by atoms with E-state index in [0.29, 0.717) is 6.42 Å². The van der Waals surface area contributed by atoms with E-state index in [0.717, 1.165) is 22.3 Å². The van der Waals surface area contributed by atoms with Gasteiger partial charge in [0.2, 0.25) is 5.91 Å². The average Bonchev–Trinajstić information content (AvgIpc) is 3.04. The first-order valence-electron chi connectivity index (χ1n) is 11.2. The van der Waals surface area contributed by atoms with E-state index in [4.69, 9.17) is 9.84 Å². The molecule has 0 saturated heterocycles. The lowest BCUT2D eigenvalue weighted by molar-refractivity contribution is -0.137. The van der Waals surface area contributed by atoms with Crippen LogP contribution in [-0.2, 0) is 14.3 Å². The third-order valence-electron chi connectivity index (χ3n) is 5.64. The maximum absolute atomic E-state index is 12.8. The number of hydrogen-bond donors (Lipinski definition) is 3. The van der Waals surface area contributed by atoms with Crippen LogP contribution in [0.2, 0.25) is 0 Å². The number of benzene rings is 2. The molecule has 176 valence electrons. The predicted molar refractivity (Wildman–Crippen MR) is 126 cm³/mol. The van der Waals surface area contributed by atoms with Crippen LogP contribution in [0.15, 0.2) is 48.5 Å². The SMILES string of the molecule is CC(CC(=O)O)NC(=O)C(CC(C)(C)C)NC(=O)OCC1c2ccccc2-c2ccccc21. The summed E-state index contributed by atoms with van der Waals surface area (Å²) in [6.07, 6.45) is -0.492. The molecule has 3 rings (SSSR count). The summed E-state index contributed by atoms with van der Waals surface area (Å²) in [6, 6.07) is 14.8. The minimum absolute atomic E-state index is 0.0753. The van der Waals surface area contributed by atoms with Crippen molar-refractivity contribution in [3.05, 3.63) is 59.7 Å². The van der Waals surface area contributed by atoms with Gasteiger partial charge in [-0.05, 0) is 41.0 Å². The van der Waals surface area contributed by atoms with E-state index >= 15 is 0 Å². The Labute approximate surface area is 194 Å². The number of carbonyl (C=O) groups excluding carboxylic acids is 2. The maximum atomic E-state index is 12.8. The van der Waals surface area contributed by atoms with Gasteiger partial charge in [0.25, 0.3) is 0 Å². The van der Waals surface area contributed by atoms with E-state index in [1.807, 2.05) is 57.2 Å². The van der Waals surface area contributed by atoms with Crippen molar-refractivity contribution in [1.82, 2.24) is 10.6 Å². The van der Waals surface area contributed by atoms with Crippen molar-refractivity contribution in [1.29, 1.82) is 0 Å². The van der Waals surface area contributed by atoms with Crippen LogP contribution in [0, 0.1) is 5.41 Å². The molecule has 0 bridgehead atoms. The Balaban J connectivity index is 1.67. The van der Waals surface area contributed by atoms with E-state index in [9.17, 15) is 14.4 Å². The number of ether oxygens (including phenoxy) is 1. The summed E-state index contributed by atoms with van der Waals surface area (Å²) in [5, 5.41) is 14.3. The number of aliphatic carboxylic acids is 1. The number of carboxylic acid groups (broad SMARTS) is 1. The molecule has 0 fully saturated rings. The zero-order chi connectivity index (χ0) is 24.2. The molecule has 0 aromatic heterocycles. The fraction of sp³-hybridized carbons (Fsp3) is 0.423. The van der Waals surface area contributed by atoms with Crippen LogP contribution in [0.1, 0.15) is 57.6 Å². The van der Waals surface area contributed by atoms with Crippen LogP contribution >= 0.6 is 0 Å². The third kappa shape index (κ3) is 6.34. The van der Waals surface area contributed by atoms with Crippen molar-refractivity contribution in [2.24, 2.45) is 5.41 Å². The molecule has 1 aliphatic rings. The van der Waals surface area contributed by atoms with Gasteiger partial charge in [-0.1, -0.05) is 69.3 Å². The Kier molecular flexibility index (Phi) is 7.41. The number of carbonyl (C=O) groups is 3. The van der Waals surface area contributed by atoms with Crippen molar-refractivity contribution >= 4 is 18.0 Å². The van der Waals surface area contributed by atoms with Gasteiger partial charge in [0, 0.05) is 12.0 Å². The number of hydrogen-bond acceptors (Lipinski definition) is 4. The number of fused-ring (bicyclic) bond motifs is 3. The summed E-state index contributed by atoms with van der Waals surface area (Å²) in [4.78, 5) is 36.4. The number of carboxylic acids is 1. The van der Waals surface area contributed by atoms with E-state index in [-0.39, 0.29) is 24.4 Å². The van der Waals surface area contributed by atoms with E-state index in [1.54, 1.807) is 6.92 Å². The number of amides is 2. The molecular formula is C26H32N2O5. The lowest BCUT2D eigenvalue weighted by Crippen LogP contribution is -2.51. The summed E-state index contributed by atoms with van der Waals surface area (Å²) in [6.45, 7) is 7.67. The molecule has 7 heteroatoms. The highest BCUT2D eigenvalue weighted by molar-refractivity contribution is 5.86. The topological polar surface area (TPSA) is 105 Å². The van der Waals surface area contributed by atoms with E-state index < -0.39 is 30.1 Å². The van der Waals surface area contributed by atoms with Crippen LogP contribution in [-0.4, -0.2) is 41.8 Å². The predicted octanol–water partition coefficient (Wildman–Crippen LogP) is 4.31. The molecule has 2 amide bonds. The van der Waals surface area contributed by atoms with Crippen LogP contribution in [0.5, 0.6) is 0 Å². The lowest BCUT2D eigenvalue weighted by Gasteiger charge is -2.27. The van der Waals surface area contributed by atoms with Gasteiger partial charge in [-0.2, -0.15) is 0 Å². The number of alkyl carbamates (subject to hydrolysis) is 1. The van der Waals surface area contributed by atoms with E-state index in [2.05, 4.69) is 22.8 Å². The Morgan fingerprint density at radius 3 is 2.03 bits per heavy atom. The zero-order valence-electron chi connectivity index (χ0n) is 19.6. The number of nitrogens with one attached hydrogen (secondary N) is 2. The first-order valence-corrected chi connectivity index (χ1v) is 11.2. The first kappa shape index (κ1) is 24.3. The number of rotatable bonds is 8. The van der Waals surface area contributed by atoms with Crippen LogP contribution in [0.3, 0.4) is 0 Å². The van der Waals surface area contributed by atoms with E-state index in [1.165, 1.54) is 0 Å². The molecule has 0 saturated carbocycles. The summed E-state index contributed by atoms with van der Waals surface area (Å²) in [5.41, 5.74) is 4.25. The summed E-state index contributed by atoms with van der Waals surface area (Å²) in [7, 11) is 0. The molecule has 0 radical (unpaired) electrons. The molecule has 3 N–H and O–H groups in total. The van der Waals surface area contributed by atoms with Gasteiger partial charge in [0.1, 0.15) is 12.6 Å². The van der Waals surface area contributed by atoms with Gasteiger partial charge in [0.05, 0.1) is 6.42 Å². The second kappa shape index (κ2) is 10.1. The molecular weight excluding hydrogens is 420 g/mol. The molecule has 2 aromatic rings. The maximum Gasteiger partial charge on any atom is 0.407 e. The molecule has 0 heterocycles. The molecule has 0 aliphatic heterocycles. The van der Waals surface area contributed by atoms with Crippen molar-refractivity contribution in [3.8, 4) is 11.1 Å². The molecule has 33 heavy (non-hydrogen) atoms. The average molecular weight is 453 g/mol. The van der Waals surface area contributed by atoms with Gasteiger partial charge in [-0.3, -0.25) is 9.59 Å². The summed E-state index contributed by atoms with van der Waals surface area (Å²) >= 11 is 0. The molecule has 2 atom stereocenters. The molecule has 1 aliphatic carbocycles. The van der Waals surface area contributed by atoms with Gasteiger partial charge in [-0.15, -0.1) is 0 Å².